The summed E-state index contributed by atoms with van der Waals surface area (Å²) in [5, 5.41) is 4.06. The van der Waals surface area contributed by atoms with Crippen LogP contribution < -0.4 is 14.8 Å². The molecule has 1 heterocycles. The van der Waals surface area contributed by atoms with Crippen LogP contribution in [0.5, 0.6) is 11.5 Å². The molecule has 0 saturated carbocycles. The van der Waals surface area contributed by atoms with E-state index in [1.54, 1.807) is 0 Å². The fourth-order valence-electron chi connectivity index (χ4n) is 2.57. The van der Waals surface area contributed by atoms with Crippen molar-refractivity contribution in [1.82, 2.24) is 5.32 Å². The molecule has 2 aromatic rings. The van der Waals surface area contributed by atoms with Gasteiger partial charge in [-0.05, 0) is 61.8 Å². The van der Waals surface area contributed by atoms with Gasteiger partial charge < -0.3 is 14.8 Å². The van der Waals surface area contributed by atoms with Gasteiger partial charge in [-0.1, -0.05) is 39.7 Å². The van der Waals surface area contributed by atoms with Gasteiger partial charge in [0.1, 0.15) is 12.7 Å². The van der Waals surface area contributed by atoms with E-state index in [0.717, 1.165) is 47.5 Å². The number of rotatable bonds is 5. The van der Waals surface area contributed by atoms with Crippen LogP contribution in [0, 0.1) is 0 Å². The summed E-state index contributed by atoms with van der Waals surface area (Å²) in [6, 6.07) is 13.6. The Balaban J connectivity index is 1.70. The van der Waals surface area contributed by atoms with Crippen LogP contribution in [0.1, 0.15) is 18.4 Å². The van der Waals surface area contributed by atoms with Crippen LogP contribution in [0.15, 0.2) is 46.9 Å². The van der Waals surface area contributed by atoms with Crippen LogP contribution in [-0.2, 0) is 6.61 Å². The van der Waals surface area contributed by atoms with E-state index in [-0.39, 0.29) is 6.10 Å². The van der Waals surface area contributed by atoms with E-state index in [1.807, 2.05) is 42.5 Å². The molecule has 1 fully saturated rings. The number of piperidine rings is 1. The van der Waals surface area contributed by atoms with Crippen LogP contribution in [0.4, 0.5) is 0 Å². The van der Waals surface area contributed by atoms with Gasteiger partial charge in [-0.3, -0.25) is 0 Å². The predicted molar refractivity (Wildman–Crippen MR) is 96.4 cm³/mol. The third kappa shape index (κ3) is 4.87. The maximum absolute atomic E-state index is 6.16. The lowest BCUT2D eigenvalue weighted by molar-refractivity contribution is 0.153. The Kier molecular flexibility index (Phi) is 5.81. The van der Waals surface area contributed by atoms with Crippen LogP contribution in [0.2, 0.25) is 5.02 Å². The second-order valence-electron chi connectivity index (χ2n) is 5.58. The Morgan fingerprint density at radius 1 is 1.09 bits per heavy atom. The molecule has 3 nitrogen and oxygen atoms in total. The van der Waals surface area contributed by atoms with Gasteiger partial charge in [0.2, 0.25) is 0 Å². The molecule has 0 unspecified atom stereocenters. The molecule has 1 saturated heterocycles. The Morgan fingerprint density at radius 3 is 2.70 bits per heavy atom. The molecule has 3 rings (SSSR count). The normalized spacial score (nSPS) is 15.4. The van der Waals surface area contributed by atoms with Crippen molar-refractivity contribution in [2.75, 3.05) is 13.1 Å². The summed E-state index contributed by atoms with van der Waals surface area (Å²) in [6.07, 6.45) is 2.26. The molecule has 0 bridgehead atoms. The van der Waals surface area contributed by atoms with E-state index in [9.17, 15) is 0 Å². The van der Waals surface area contributed by atoms with Crippen molar-refractivity contribution in [2.24, 2.45) is 0 Å². The summed E-state index contributed by atoms with van der Waals surface area (Å²) in [6.45, 7) is 2.46. The third-order valence-corrected chi connectivity index (χ3v) is 4.50. The van der Waals surface area contributed by atoms with Crippen LogP contribution in [-0.4, -0.2) is 19.2 Å². The number of hydrogen-bond donors (Lipinski definition) is 1. The zero-order chi connectivity index (χ0) is 16.1. The lowest BCUT2D eigenvalue weighted by Gasteiger charge is -2.25. The third-order valence-electron chi connectivity index (χ3n) is 3.77. The minimum atomic E-state index is 0.235. The van der Waals surface area contributed by atoms with Crippen molar-refractivity contribution in [1.29, 1.82) is 0 Å². The second-order valence-corrected chi connectivity index (χ2v) is 6.93. The summed E-state index contributed by atoms with van der Waals surface area (Å²) < 4.78 is 13.1. The van der Waals surface area contributed by atoms with E-state index in [0.29, 0.717) is 11.6 Å². The minimum absolute atomic E-state index is 0.235. The van der Waals surface area contributed by atoms with E-state index in [4.69, 9.17) is 21.1 Å². The Morgan fingerprint density at radius 2 is 1.91 bits per heavy atom. The van der Waals surface area contributed by atoms with Gasteiger partial charge in [0.25, 0.3) is 0 Å². The summed E-state index contributed by atoms with van der Waals surface area (Å²) in [7, 11) is 0. The molecule has 0 radical (unpaired) electrons. The van der Waals surface area contributed by atoms with Gasteiger partial charge in [-0.15, -0.1) is 0 Å². The summed E-state index contributed by atoms with van der Waals surface area (Å²) in [5.74, 6) is 1.54. The number of hydrogen-bond acceptors (Lipinski definition) is 3. The standard InChI is InChI=1S/C18H19BrClNO2/c19-14-4-5-17(22-12-13-2-1-3-15(20)10-13)18(11-14)23-16-6-8-21-9-7-16/h1-5,10-11,16,21H,6-9,12H2. The number of halogens is 2. The molecular formula is C18H19BrClNO2. The molecule has 0 amide bonds. The summed E-state index contributed by atoms with van der Waals surface area (Å²) in [5.41, 5.74) is 1.04. The van der Waals surface area contributed by atoms with E-state index in [2.05, 4.69) is 21.2 Å². The molecule has 1 N–H and O–H groups in total. The zero-order valence-corrected chi connectivity index (χ0v) is 15.1. The van der Waals surface area contributed by atoms with Crippen molar-refractivity contribution in [3.63, 3.8) is 0 Å². The summed E-state index contributed by atoms with van der Waals surface area (Å²) in [4.78, 5) is 0. The van der Waals surface area contributed by atoms with E-state index < -0.39 is 0 Å². The fourth-order valence-corrected chi connectivity index (χ4v) is 3.13. The Hall–Kier alpha value is -1.23. The van der Waals surface area contributed by atoms with Gasteiger partial charge in [-0.2, -0.15) is 0 Å². The first kappa shape index (κ1) is 16.6. The molecule has 1 aliphatic rings. The molecule has 122 valence electrons. The van der Waals surface area contributed by atoms with Gasteiger partial charge in [0, 0.05) is 9.50 Å². The Labute approximate surface area is 150 Å². The first-order valence-electron chi connectivity index (χ1n) is 7.75. The number of benzene rings is 2. The predicted octanol–water partition coefficient (Wildman–Crippen LogP) is 4.81. The highest BCUT2D eigenvalue weighted by Crippen LogP contribution is 2.33. The van der Waals surface area contributed by atoms with Crippen molar-refractivity contribution in [2.45, 2.75) is 25.6 Å². The molecule has 0 spiro atoms. The molecule has 0 aromatic heterocycles. The van der Waals surface area contributed by atoms with Gasteiger partial charge in [0.15, 0.2) is 11.5 Å². The molecule has 23 heavy (non-hydrogen) atoms. The second kappa shape index (κ2) is 8.04. The first-order valence-corrected chi connectivity index (χ1v) is 8.92. The van der Waals surface area contributed by atoms with Crippen molar-refractivity contribution < 1.29 is 9.47 Å². The lowest BCUT2D eigenvalue weighted by Crippen LogP contribution is -2.34. The SMILES string of the molecule is Clc1cccc(COc2ccc(Br)cc2OC2CCNCC2)c1. The molecule has 0 aliphatic carbocycles. The van der Waals surface area contributed by atoms with Crippen LogP contribution >= 0.6 is 27.5 Å². The Bertz CT molecular complexity index is 659. The lowest BCUT2D eigenvalue weighted by atomic mass is 10.1. The highest BCUT2D eigenvalue weighted by Gasteiger charge is 2.17. The highest BCUT2D eigenvalue weighted by molar-refractivity contribution is 9.10. The first-order chi connectivity index (χ1) is 11.2. The van der Waals surface area contributed by atoms with Crippen molar-refractivity contribution in [3.05, 3.63) is 57.5 Å². The average Bonchev–Trinajstić information content (AvgIpc) is 2.55. The van der Waals surface area contributed by atoms with Gasteiger partial charge >= 0.3 is 0 Å². The maximum Gasteiger partial charge on any atom is 0.162 e. The molecule has 5 heteroatoms. The monoisotopic (exact) mass is 395 g/mol. The summed E-state index contributed by atoms with van der Waals surface area (Å²) >= 11 is 9.52. The number of ether oxygens (including phenoxy) is 2. The van der Waals surface area contributed by atoms with Crippen molar-refractivity contribution in [3.8, 4) is 11.5 Å². The average molecular weight is 397 g/mol. The van der Waals surface area contributed by atoms with E-state index >= 15 is 0 Å². The fraction of sp³-hybridized carbons (Fsp3) is 0.333. The van der Waals surface area contributed by atoms with E-state index in [1.165, 1.54) is 0 Å². The van der Waals surface area contributed by atoms with Gasteiger partial charge in [0.05, 0.1) is 0 Å². The molecule has 1 aliphatic heterocycles. The van der Waals surface area contributed by atoms with Crippen molar-refractivity contribution >= 4 is 27.5 Å². The molecule has 0 atom stereocenters. The zero-order valence-electron chi connectivity index (χ0n) is 12.7. The smallest absolute Gasteiger partial charge is 0.162 e. The molecule has 2 aromatic carbocycles. The topological polar surface area (TPSA) is 30.5 Å². The largest absolute Gasteiger partial charge is 0.486 e. The molecular weight excluding hydrogens is 378 g/mol. The van der Waals surface area contributed by atoms with Crippen LogP contribution in [0.25, 0.3) is 0 Å². The highest BCUT2D eigenvalue weighted by atomic mass is 79.9. The quantitative estimate of drug-likeness (QED) is 0.786. The minimum Gasteiger partial charge on any atom is -0.486 e. The van der Waals surface area contributed by atoms with Gasteiger partial charge in [-0.25, -0.2) is 0 Å². The maximum atomic E-state index is 6.16. The number of nitrogens with one attached hydrogen (secondary N) is 1. The van der Waals surface area contributed by atoms with Crippen LogP contribution in [0.3, 0.4) is 0 Å².